The molecule has 14 nitrogen and oxygen atoms in total. The third kappa shape index (κ3) is 7.63. The molecule has 0 spiro atoms. The van der Waals surface area contributed by atoms with Crippen molar-refractivity contribution in [2.24, 2.45) is 7.05 Å². The minimum atomic E-state index is -0.834. The highest BCUT2D eigenvalue weighted by Gasteiger charge is 2.30. The van der Waals surface area contributed by atoms with Crippen LogP contribution in [0.3, 0.4) is 0 Å². The Kier molecular flexibility index (Phi) is 10.5. The minimum absolute atomic E-state index is 0.0206. The molecule has 0 fully saturated rings. The molecule has 1 aliphatic rings. The first-order valence-electron chi connectivity index (χ1n) is 14.8. The second-order valence-electron chi connectivity index (χ2n) is 10.9. The van der Waals surface area contributed by atoms with Crippen molar-refractivity contribution in [2.45, 2.75) is 57.9 Å². The van der Waals surface area contributed by atoms with Crippen molar-refractivity contribution < 1.29 is 34.2 Å². The van der Waals surface area contributed by atoms with Crippen molar-refractivity contribution in [3.8, 4) is 0 Å². The third-order valence-corrected chi connectivity index (χ3v) is 7.92. The Labute approximate surface area is 259 Å². The molecule has 2 aromatic carbocycles. The van der Waals surface area contributed by atoms with E-state index < -0.39 is 21.8 Å². The van der Waals surface area contributed by atoms with E-state index in [0.717, 1.165) is 35.7 Å². The maximum atomic E-state index is 11.5. The van der Waals surface area contributed by atoms with Crippen molar-refractivity contribution in [3.63, 3.8) is 0 Å². The summed E-state index contributed by atoms with van der Waals surface area (Å²) in [4.78, 5) is 47.8. The second-order valence-corrected chi connectivity index (χ2v) is 10.9. The summed E-state index contributed by atoms with van der Waals surface area (Å²) in [5.41, 5.74) is 2.95. The Bertz CT molecular complexity index is 1680. The normalized spacial score (nSPS) is 13.7. The molecule has 14 heteroatoms. The van der Waals surface area contributed by atoms with Crippen molar-refractivity contribution in [2.75, 3.05) is 23.4 Å². The minimum Gasteiger partial charge on any atom is -0.481 e. The van der Waals surface area contributed by atoms with E-state index >= 15 is 0 Å². The van der Waals surface area contributed by atoms with E-state index in [1.807, 2.05) is 41.8 Å². The molecule has 4 rings (SSSR count). The summed E-state index contributed by atoms with van der Waals surface area (Å²) >= 11 is 0. The zero-order chi connectivity index (χ0) is 32.7. The number of rotatable bonds is 16. The number of benzene rings is 2. The lowest BCUT2D eigenvalue weighted by Crippen LogP contribution is -2.36. The molecule has 238 valence electrons. The van der Waals surface area contributed by atoms with E-state index in [1.165, 1.54) is 24.3 Å². The van der Waals surface area contributed by atoms with E-state index in [4.69, 9.17) is 10.2 Å². The molecule has 45 heavy (non-hydrogen) atoms. The molecule has 1 aliphatic heterocycles. The highest BCUT2D eigenvalue weighted by atomic mass is 16.6. The predicted octanol–water partition coefficient (Wildman–Crippen LogP) is 5.38. The molecule has 0 atom stereocenters. The molecule has 0 amide bonds. The van der Waals surface area contributed by atoms with Gasteiger partial charge in [0.25, 0.3) is 17.2 Å². The molecule has 0 unspecified atom stereocenters. The molecule has 2 heterocycles. The monoisotopic (exact) mass is 621 g/mol. The molecule has 0 aliphatic carbocycles. The van der Waals surface area contributed by atoms with Gasteiger partial charge in [-0.25, -0.2) is 9.13 Å². The number of carboxylic acid groups (broad SMARTS) is 2. The lowest BCUT2D eigenvalue weighted by Gasteiger charge is -2.22. The Morgan fingerprint density at radius 3 is 2.11 bits per heavy atom. The topological polar surface area (TPSA) is 176 Å². The summed E-state index contributed by atoms with van der Waals surface area (Å²) in [6.45, 7) is 1.17. The van der Waals surface area contributed by atoms with Gasteiger partial charge >= 0.3 is 11.9 Å². The number of nitro groups is 2. The number of nitrogens with zero attached hydrogens (tertiary/aromatic N) is 6. The summed E-state index contributed by atoms with van der Waals surface area (Å²) in [7, 11) is 3.67. The van der Waals surface area contributed by atoms with Gasteiger partial charge in [0.15, 0.2) is 11.0 Å². The average molecular weight is 622 g/mol. The Morgan fingerprint density at radius 1 is 0.844 bits per heavy atom. The maximum Gasteiger partial charge on any atom is 0.303 e. The molecular weight excluding hydrogens is 584 g/mol. The van der Waals surface area contributed by atoms with Crippen molar-refractivity contribution >= 4 is 51.8 Å². The molecule has 0 radical (unpaired) electrons. The fourth-order valence-corrected chi connectivity index (χ4v) is 5.64. The number of unbranched alkanes of at least 4 members (excludes halogenated alkanes) is 4. The van der Waals surface area contributed by atoms with Gasteiger partial charge in [-0.15, -0.1) is 0 Å². The fourth-order valence-electron chi connectivity index (χ4n) is 5.64. The molecular formula is C31H37N6O8+. The van der Waals surface area contributed by atoms with E-state index in [-0.39, 0.29) is 24.2 Å². The standard InChI is InChI=1S/C31H36N6O8/c1-32-26-20-22(36(42)43)14-16-24(26)34(18-7-3-5-12-30(38)39)28(32)10-9-11-29-33(2)27-21-23(37(44)45)15-17-25(27)35(29)19-8-4-6-13-31(40)41/h9-11,14-17,20-21H,3-8,12-13,18-19H2,1-2H3,(H-,38,39,40,41)/p+1. The lowest BCUT2D eigenvalue weighted by molar-refractivity contribution is -0.674. The van der Waals surface area contributed by atoms with E-state index in [9.17, 15) is 29.8 Å². The van der Waals surface area contributed by atoms with Gasteiger partial charge in [-0.2, -0.15) is 0 Å². The van der Waals surface area contributed by atoms with Crippen LogP contribution in [0.2, 0.25) is 0 Å². The summed E-state index contributed by atoms with van der Waals surface area (Å²) in [5.74, 6) is -0.0938. The quantitative estimate of drug-likeness (QED) is 0.0913. The molecule has 2 N–H and O–H groups in total. The van der Waals surface area contributed by atoms with Crippen LogP contribution in [-0.2, 0) is 23.2 Å². The highest BCUT2D eigenvalue weighted by molar-refractivity contribution is 5.84. The number of aromatic nitrogens is 2. The number of fused-ring (bicyclic) bond motifs is 2. The maximum absolute atomic E-state index is 11.5. The number of hydrogen-bond donors (Lipinski definition) is 2. The first-order valence-corrected chi connectivity index (χ1v) is 14.8. The molecule has 0 bridgehead atoms. The number of carboxylic acids is 2. The smallest absolute Gasteiger partial charge is 0.303 e. The van der Waals surface area contributed by atoms with Crippen LogP contribution in [0, 0.1) is 20.2 Å². The van der Waals surface area contributed by atoms with Gasteiger partial charge in [0.2, 0.25) is 0 Å². The zero-order valence-corrected chi connectivity index (χ0v) is 25.3. The number of imidazole rings is 1. The van der Waals surface area contributed by atoms with Gasteiger partial charge in [-0.3, -0.25) is 29.8 Å². The SMILES string of the molecule is CN1/C(=C/C=C\c2n(C)c3cc([N+](=O)[O-])ccc3[n+]2CCCCCC(=O)O)N(CCCCCC(=O)O)c2ccc([N+](=O)[O-])cc21. The van der Waals surface area contributed by atoms with Crippen LogP contribution < -0.4 is 14.4 Å². The number of non-ortho nitro benzene ring substituents is 2. The lowest BCUT2D eigenvalue weighted by atomic mass is 10.2. The van der Waals surface area contributed by atoms with Gasteiger partial charge in [0, 0.05) is 50.7 Å². The summed E-state index contributed by atoms with van der Waals surface area (Å²) < 4.78 is 3.94. The van der Waals surface area contributed by atoms with Crippen LogP contribution in [0.4, 0.5) is 22.7 Å². The summed E-state index contributed by atoms with van der Waals surface area (Å²) in [6, 6.07) is 9.45. The number of anilines is 2. The third-order valence-electron chi connectivity index (χ3n) is 7.92. The van der Waals surface area contributed by atoms with Crippen LogP contribution in [0.1, 0.15) is 57.2 Å². The van der Waals surface area contributed by atoms with Gasteiger partial charge in [0.1, 0.15) is 5.82 Å². The van der Waals surface area contributed by atoms with Crippen LogP contribution in [0.25, 0.3) is 17.1 Å². The number of allylic oxidation sites excluding steroid dienone is 2. The molecule has 0 saturated heterocycles. The van der Waals surface area contributed by atoms with E-state index in [0.29, 0.717) is 50.0 Å². The fraction of sp³-hybridized carbons (Fsp3) is 0.387. The van der Waals surface area contributed by atoms with Gasteiger partial charge in [-0.1, -0.05) is 12.5 Å². The van der Waals surface area contributed by atoms with Gasteiger partial charge < -0.3 is 20.0 Å². The Hall–Kier alpha value is -5.27. The number of hydrogen-bond acceptors (Lipinski definition) is 8. The summed E-state index contributed by atoms with van der Waals surface area (Å²) in [6.07, 6.45) is 9.86. The molecule has 0 saturated carbocycles. The van der Waals surface area contributed by atoms with Gasteiger partial charge in [0.05, 0.1) is 40.9 Å². The van der Waals surface area contributed by atoms with Crippen LogP contribution in [0.15, 0.2) is 54.4 Å². The number of aryl methyl sites for hydroxylation is 2. The Balaban J connectivity index is 1.66. The Morgan fingerprint density at radius 2 is 1.47 bits per heavy atom. The average Bonchev–Trinajstić information content (AvgIpc) is 3.41. The molecule has 1 aromatic heterocycles. The predicted molar refractivity (Wildman–Crippen MR) is 168 cm³/mol. The van der Waals surface area contributed by atoms with Crippen LogP contribution in [0.5, 0.6) is 0 Å². The van der Waals surface area contributed by atoms with Crippen molar-refractivity contribution in [3.05, 3.63) is 80.4 Å². The van der Waals surface area contributed by atoms with Gasteiger partial charge in [-0.05, 0) is 50.3 Å². The zero-order valence-electron chi connectivity index (χ0n) is 25.3. The number of nitro benzene ring substituents is 2. The van der Waals surface area contributed by atoms with Crippen molar-refractivity contribution in [1.29, 1.82) is 0 Å². The number of aliphatic carboxylic acids is 2. The first-order chi connectivity index (χ1) is 21.5. The summed E-state index contributed by atoms with van der Waals surface area (Å²) in [5, 5.41) is 40.9. The van der Waals surface area contributed by atoms with Crippen LogP contribution in [-0.4, -0.2) is 50.2 Å². The highest BCUT2D eigenvalue weighted by Crippen LogP contribution is 2.42. The van der Waals surface area contributed by atoms with Crippen molar-refractivity contribution in [1.82, 2.24) is 4.57 Å². The first kappa shape index (κ1) is 32.6. The second kappa shape index (κ2) is 14.5. The van der Waals surface area contributed by atoms with Crippen LogP contribution >= 0.6 is 0 Å². The molecule has 3 aromatic rings. The van der Waals surface area contributed by atoms with E-state index in [1.54, 1.807) is 12.1 Å². The number of carbonyl (C=O) groups is 2. The van der Waals surface area contributed by atoms with E-state index in [2.05, 4.69) is 9.47 Å². The largest absolute Gasteiger partial charge is 0.481 e.